The summed E-state index contributed by atoms with van der Waals surface area (Å²) in [6.45, 7) is 2.21. The maximum atomic E-state index is 15.4. The number of nitrogens with one attached hydrogen (secondary N) is 1. The summed E-state index contributed by atoms with van der Waals surface area (Å²) in [4.78, 5) is 59.2. The van der Waals surface area contributed by atoms with Gasteiger partial charge in [0.05, 0.1) is 48.1 Å². The van der Waals surface area contributed by atoms with Crippen molar-refractivity contribution in [2.75, 3.05) is 26.2 Å². The van der Waals surface area contributed by atoms with Crippen LogP contribution in [0.2, 0.25) is 10.0 Å². The maximum absolute atomic E-state index is 15.4. The minimum atomic E-state index is -1.62. The monoisotopic (exact) mass is 781 g/mol. The summed E-state index contributed by atoms with van der Waals surface area (Å²) in [7, 11) is 2.96. The molecule has 2 heterocycles. The zero-order valence-electron chi connectivity index (χ0n) is 27.4. The van der Waals surface area contributed by atoms with Crippen LogP contribution in [0.5, 0.6) is 17.2 Å². The molecule has 2 aliphatic carbocycles. The van der Waals surface area contributed by atoms with Crippen LogP contribution in [0, 0.1) is 23.7 Å². The smallest absolute Gasteiger partial charge is 0.260 e. The number of likely N-dealkylation sites (tertiary alicyclic amines) is 1. The highest BCUT2D eigenvalue weighted by Gasteiger charge is 2.70. The average Bonchev–Trinajstić information content (AvgIpc) is 3.47. The lowest BCUT2D eigenvalue weighted by Gasteiger charge is -2.50. The first-order valence-corrected chi connectivity index (χ1v) is 17.9. The molecule has 2 N–H and O–H groups in total. The topological polar surface area (TPSA) is 125 Å². The van der Waals surface area contributed by atoms with Crippen molar-refractivity contribution in [1.29, 1.82) is 0 Å². The number of hydrogen-bond donors (Lipinski definition) is 2. The number of halogens is 3. The Morgan fingerprint density at radius 2 is 1.70 bits per heavy atom. The number of phenols is 1. The number of nitrogens with zero attached hydrogens (tertiary/aromatic N) is 2. The fourth-order valence-electron chi connectivity index (χ4n) is 8.67. The van der Waals surface area contributed by atoms with Crippen molar-refractivity contribution in [2.24, 2.45) is 23.7 Å². The van der Waals surface area contributed by atoms with Gasteiger partial charge >= 0.3 is 0 Å². The summed E-state index contributed by atoms with van der Waals surface area (Å²) in [5.74, 6) is -4.97. The highest BCUT2D eigenvalue weighted by Crippen LogP contribution is 2.65. The van der Waals surface area contributed by atoms with Gasteiger partial charge in [0.25, 0.3) is 11.8 Å². The Hall–Kier alpha value is -4.06. The number of methoxy groups -OCH3 is 2. The highest BCUT2D eigenvalue weighted by atomic mass is 79.9. The Bertz CT molecular complexity index is 1970. The summed E-state index contributed by atoms with van der Waals surface area (Å²) < 4.78 is 11.6. The normalized spacial score (nSPS) is 27.2. The number of amides is 4. The zero-order chi connectivity index (χ0) is 35.6. The number of anilines is 1. The number of benzene rings is 3. The van der Waals surface area contributed by atoms with E-state index in [1.54, 1.807) is 48.5 Å². The molecule has 2 aliphatic heterocycles. The number of imide groups is 2. The van der Waals surface area contributed by atoms with Gasteiger partial charge in [-0.3, -0.25) is 29.5 Å². The summed E-state index contributed by atoms with van der Waals surface area (Å²) in [5, 5.41) is 13.4. The molecule has 0 unspecified atom stereocenters. The van der Waals surface area contributed by atoms with Crippen molar-refractivity contribution in [1.82, 2.24) is 9.91 Å². The third kappa shape index (κ3) is 5.03. The second-order valence-electron chi connectivity index (χ2n) is 13.1. The molecular formula is C37H34BrCl2N3O7. The molecule has 0 aromatic heterocycles. The summed E-state index contributed by atoms with van der Waals surface area (Å²) in [6.07, 6.45) is 2.94. The number of aromatic hydroxyl groups is 1. The van der Waals surface area contributed by atoms with E-state index in [0.29, 0.717) is 44.9 Å². The molecule has 10 nitrogen and oxygen atoms in total. The van der Waals surface area contributed by atoms with Crippen LogP contribution in [-0.2, 0) is 24.6 Å². The molecule has 0 radical (unpaired) electrons. The molecule has 260 valence electrons. The van der Waals surface area contributed by atoms with E-state index in [2.05, 4.69) is 21.4 Å². The van der Waals surface area contributed by atoms with Crippen LogP contribution in [-0.4, -0.2) is 59.4 Å². The van der Waals surface area contributed by atoms with Gasteiger partial charge in [0.1, 0.15) is 5.75 Å². The molecule has 50 heavy (non-hydrogen) atoms. The third-order valence-corrected chi connectivity index (χ3v) is 11.7. The Labute approximate surface area is 307 Å². The predicted molar refractivity (Wildman–Crippen MR) is 190 cm³/mol. The second kappa shape index (κ2) is 12.9. The van der Waals surface area contributed by atoms with E-state index < -0.39 is 46.8 Å². The van der Waals surface area contributed by atoms with Crippen LogP contribution in [0.3, 0.4) is 0 Å². The number of hydrazine groups is 1. The van der Waals surface area contributed by atoms with E-state index >= 15 is 4.79 Å². The highest BCUT2D eigenvalue weighted by molar-refractivity contribution is 9.10. The molecule has 0 bridgehead atoms. The standard InChI is InChI=1S/C37H34BrCl2N3O7/c1-4-13-42-33(45)23-11-10-22-24(30(23)35(42)47)17-26-34(46)43(41-28-12-7-20(39)16-27(28)40)36(48)37(26,18-5-8-21(49-2)9-6-18)31(22)25-14-19(38)15-29(50-3)32(25)44/h5-10,12,14-16,23-24,26,30-31,41,44H,4,11,13,17H2,1-3H3/t23-,24+,26-,30-,31+,37+/m0/s1. The molecule has 4 aliphatic rings. The van der Waals surface area contributed by atoms with Gasteiger partial charge in [0, 0.05) is 27.5 Å². The van der Waals surface area contributed by atoms with Gasteiger partial charge in [-0.2, -0.15) is 5.01 Å². The van der Waals surface area contributed by atoms with Gasteiger partial charge in [-0.05, 0) is 73.2 Å². The molecule has 4 amide bonds. The molecule has 7 rings (SSSR count). The Morgan fingerprint density at radius 1 is 0.960 bits per heavy atom. The largest absolute Gasteiger partial charge is 0.504 e. The van der Waals surface area contributed by atoms with Crippen molar-refractivity contribution in [3.63, 3.8) is 0 Å². The first-order chi connectivity index (χ1) is 24.0. The molecule has 0 spiro atoms. The van der Waals surface area contributed by atoms with Crippen molar-refractivity contribution >= 4 is 68.4 Å². The van der Waals surface area contributed by atoms with Crippen LogP contribution in [0.1, 0.15) is 43.2 Å². The first-order valence-electron chi connectivity index (χ1n) is 16.3. The van der Waals surface area contributed by atoms with Crippen molar-refractivity contribution in [3.05, 3.63) is 91.9 Å². The zero-order valence-corrected chi connectivity index (χ0v) is 30.5. The molecular weight excluding hydrogens is 749 g/mol. The average molecular weight is 784 g/mol. The maximum Gasteiger partial charge on any atom is 0.260 e. The lowest BCUT2D eigenvalue weighted by molar-refractivity contribution is -0.141. The molecule has 13 heteroatoms. The lowest BCUT2D eigenvalue weighted by Crippen LogP contribution is -2.53. The molecule has 3 fully saturated rings. The van der Waals surface area contributed by atoms with E-state index in [0.717, 1.165) is 5.01 Å². The van der Waals surface area contributed by atoms with Crippen molar-refractivity contribution < 1.29 is 33.8 Å². The minimum Gasteiger partial charge on any atom is -0.504 e. The van der Waals surface area contributed by atoms with Gasteiger partial charge in [-0.1, -0.05) is 69.8 Å². The summed E-state index contributed by atoms with van der Waals surface area (Å²) in [5.41, 5.74) is 3.19. The Kier molecular flexibility index (Phi) is 8.89. The minimum absolute atomic E-state index is 0.109. The third-order valence-electron chi connectivity index (χ3n) is 10.7. The van der Waals surface area contributed by atoms with Gasteiger partial charge in [-0.25, -0.2) is 0 Å². The van der Waals surface area contributed by atoms with E-state index in [1.165, 1.54) is 25.2 Å². The van der Waals surface area contributed by atoms with Crippen LogP contribution in [0.25, 0.3) is 0 Å². The first kappa shape index (κ1) is 34.4. The number of allylic oxidation sites excluding steroid dienone is 2. The number of carbonyl (C=O) groups excluding carboxylic acids is 4. The Balaban J connectivity index is 1.50. The second-order valence-corrected chi connectivity index (χ2v) is 14.8. The number of carbonyl (C=O) groups is 4. The van der Waals surface area contributed by atoms with Gasteiger partial charge in [0.2, 0.25) is 11.8 Å². The molecule has 3 aromatic carbocycles. The SMILES string of the molecule is CCCN1C(=O)[C@H]2[C@H](CC=C3[C@H]2C[C@H]2C(=O)N(Nc4ccc(Cl)cc4Cl)C(=O)[C@@]2(c2ccc(OC)cc2)[C@H]3c2cc(Br)cc(OC)c2O)C1=O. The number of fused-ring (bicyclic) bond motifs is 4. The van der Waals surface area contributed by atoms with E-state index in [4.69, 9.17) is 32.7 Å². The summed E-state index contributed by atoms with van der Waals surface area (Å²) in [6, 6.07) is 15.0. The van der Waals surface area contributed by atoms with Crippen molar-refractivity contribution in [3.8, 4) is 17.2 Å². The molecule has 3 aromatic rings. The molecule has 1 saturated carbocycles. The molecule has 6 atom stereocenters. The number of rotatable bonds is 8. The van der Waals surface area contributed by atoms with Gasteiger partial charge in [0.15, 0.2) is 11.5 Å². The van der Waals surface area contributed by atoms with Crippen LogP contribution in [0.4, 0.5) is 5.69 Å². The fourth-order valence-corrected chi connectivity index (χ4v) is 9.57. The van der Waals surface area contributed by atoms with Crippen LogP contribution < -0.4 is 14.9 Å². The lowest BCUT2D eigenvalue weighted by atomic mass is 9.49. The number of hydrogen-bond acceptors (Lipinski definition) is 8. The van der Waals surface area contributed by atoms with Crippen LogP contribution in [0.15, 0.2) is 70.7 Å². The van der Waals surface area contributed by atoms with E-state index in [1.807, 2.05) is 13.0 Å². The van der Waals surface area contributed by atoms with Crippen LogP contribution >= 0.6 is 39.1 Å². The van der Waals surface area contributed by atoms with Crippen molar-refractivity contribution in [2.45, 2.75) is 37.5 Å². The quantitative estimate of drug-likeness (QED) is 0.187. The summed E-state index contributed by atoms with van der Waals surface area (Å²) >= 11 is 16.2. The van der Waals surface area contributed by atoms with E-state index in [9.17, 15) is 19.5 Å². The van der Waals surface area contributed by atoms with Gasteiger partial charge < -0.3 is 14.6 Å². The van der Waals surface area contributed by atoms with Gasteiger partial charge in [-0.15, -0.1) is 0 Å². The Morgan fingerprint density at radius 3 is 2.36 bits per heavy atom. The number of ether oxygens (including phenoxy) is 2. The fraction of sp³-hybridized carbons (Fsp3) is 0.351. The molecule has 2 saturated heterocycles. The number of phenolic OH excluding ortho intramolecular Hbond substituents is 1. The predicted octanol–water partition coefficient (Wildman–Crippen LogP) is 6.87. The van der Waals surface area contributed by atoms with E-state index in [-0.39, 0.29) is 46.9 Å².